The van der Waals surface area contributed by atoms with Gasteiger partial charge in [-0.3, -0.25) is 0 Å². The van der Waals surface area contributed by atoms with Gasteiger partial charge in [0.1, 0.15) is 5.01 Å². The molecule has 1 aromatic heterocycles. The van der Waals surface area contributed by atoms with Crippen LogP contribution in [0.15, 0.2) is 83.2 Å². The zero-order chi connectivity index (χ0) is 27.0. The second-order valence-electron chi connectivity index (χ2n) is 9.16. The lowest BCUT2D eigenvalue weighted by atomic mass is 10.0. The molecule has 10 heteroatoms. The maximum Gasteiger partial charge on any atom is 0.319 e. The van der Waals surface area contributed by atoms with Crippen LogP contribution in [-0.2, 0) is 22.6 Å². The van der Waals surface area contributed by atoms with Crippen LogP contribution in [0.1, 0.15) is 46.1 Å². The Morgan fingerprint density at radius 3 is 2.41 bits per heavy atom. The molecule has 1 fully saturated rings. The molecule has 5 rings (SSSR count). The Balaban J connectivity index is 1.24. The number of nitrogens with zero attached hydrogens (tertiary/aromatic N) is 2. The van der Waals surface area contributed by atoms with Crippen LogP contribution >= 0.6 is 23.1 Å². The van der Waals surface area contributed by atoms with Crippen LogP contribution in [0.3, 0.4) is 0 Å². The maximum absolute atomic E-state index is 12.4. The molecule has 3 atom stereocenters. The van der Waals surface area contributed by atoms with Crippen molar-refractivity contribution in [1.82, 2.24) is 15.5 Å². The first-order chi connectivity index (χ1) is 19.1. The highest BCUT2D eigenvalue weighted by Crippen LogP contribution is 2.39. The molecule has 0 spiro atoms. The summed E-state index contributed by atoms with van der Waals surface area (Å²) in [4.78, 5) is 12.4. The van der Waals surface area contributed by atoms with E-state index >= 15 is 0 Å². The first-order valence-corrected chi connectivity index (χ1v) is 14.5. The average molecular weight is 563 g/mol. The fourth-order valence-corrected chi connectivity index (χ4v) is 6.06. The van der Waals surface area contributed by atoms with Gasteiger partial charge in [-0.15, -0.1) is 10.2 Å². The number of aromatic nitrogens is 2. The summed E-state index contributed by atoms with van der Waals surface area (Å²) in [7, 11) is 0. The predicted octanol–water partition coefficient (Wildman–Crippen LogP) is 6.00. The summed E-state index contributed by atoms with van der Waals surface area (Å²) in [5.41, 5.74) is 4.47. The molecule has 2 heterocycles. The number of thioether (sulfide) groups is 1. The van der Waals surface area contributed by atoms with Crippen molar-refractivity contribution in [1.29, 1.82) is 0 Å². The van der Waals surface area contributed by atoms with Gasteiger partial charge in [0.2, 0.25) is 0 Å². The highest BCUT2D eigenvalue weighted by molar-refractivity contribution is 8.01. The number of hydrogen-bond donors (Lipinski definition) is 3. The minimum Gasteiger partial charge on any atom is -0.392 e. The number of aryl methyl sites for hydroxylation is 1. The lowest BCUT2D eigenvalue weighted by molar-refractivity contribution is -0.245. The van der Waals surface area contributed by atoms with E-state index in [-0.39, 0.29) is 24.8 Å². The van der Waals surface area contributed by atoms with E-state index in [9.17, 15) is 9.90 Å². The van der Waals surface area contributed by atoms with E-state index in [0.29, 0.717) is 18.7 Å². The minimum absolute atomic E-state index is 0.00271. The van der Waals surface area contributed by atoms with E-state index in [2.05, 4.69) is 20.8 Å². The van der Waals surface area contributed by atoms with Crippen molar-refractivity contribution in [3.63, 3.8) is 0 Å². The summed E-state index contributed by atoms with van der Waals surface area (Å²) < 4.78 is 13.7. The molecule has 8 nitrogen and oxygen atoms in total. The van der Waals surface area contributed by atoms with Crippen molar-refractivity contribution >= 4 is 34.8 Å². The van der Waals surface area contributed by atoms with E-state index < -0.39 is 6.29 Å². The van der Waals surface area contributed by atoms with Crippen LogP contribution in [0.2, 0.25) is 0 Å². The Kier molecular flexibility index (Phi) is 9.23. The Morgan fingerprint density at radius 1 is 0.974 bits per heavy atom. The molecular formula is C29H30N4O4S2. The summed E-state index contributed by atoms with van der Waals surface area (Å²) in [6.45, 7) is 2.40. The first-order valence-electron chi connectivity index (χ1n) is 12.7. The van der Waals surface area contributed by atoms with E-state index in [4.69, 9.17) is 9.47 Å². The predicted molar refractivity (Wildman–Crippen MR) is 153 cm³/mol. The van der Waals surface area contributed by atoms with Crippen molar-refractivity contribution in [2.75, 3.05) is 11.1 Å². The van der Waals surface area contributed by atoms with Crippen LogP contribution < -0.4 is 10.6 Å². The summed E-state index contributed by atoms with van der Waals surface area (Å²) in [5.74, 6) is 0.723. The number of ether oxygens (including phenoxy) is 2. The number of nitrogens with one attached hydrogen (secondary N) is 2. The van der Waals surface area contributed by atoms with Crippen molar-refractivity contribution in [3.05, 3.63) is 106 Å². The molecule has 3 N–H and O–H groups in total. The van der Waals surface area contributed by atoms with Crippen molar-refractivity contribution < 1.29 is 19.4 Å². The van der Waals surface area contributed by atoms with Gasteiger partial charge in [-0.25, -0.2) is 4.79 Å². The molecule has 0 saturated carbocycles. The number of hydrogen-bond acceptors (Lipinski definition) is 8. The normalized spacial score (nSPS) is 19.0. The molecule has 0 unspecified atom stereocenters. The fourth-order valence-electron chi connectivity index (χ4n) is 4.20. The third kappa shape index (κ3) is 7.65. The number of carbonyl (C=O) groups excluding carboxylic acids is 1. The number of aliphatic hydroxyl groups excluding tert-OH is 1. The first kappa shape index (κ1) is 27.3. The molecule has 1 aliphatic heterocycles. The summed E-state index contributed by atoms with van der Waals surface area (Å²) in [6, 6.07) is 24.8. The second-order valence-corrected chi connectivity index (χ2v) is 11.6. The van der Waals surface area contributed by atoms with Gasteiger partial charge in [0.05, 0.1) is 18.8 Å². The summed E-state index contributed by atoms with van der Waals surface area (Å²) in [5, 5.41) is 24.4. The zero-order valence-electron chi connectivity index (χ0n) is 21.4. The highest BCUT2D eigenvalue weighted by Gasteiger charge is 2.32. The molecule has 0 bridgehead atoms. The molecule has 0 aliphatic carbocycles. The van der Waals surface area contributed by atoms with E-state index in [1.807, 2.05) is 85.8 Å². The summed E-state index contributed by atoms with van der Waals surface area (Å²) >= 11 is 3.21. The van der Waals surface area contributed by atoms with Gasteiger partial charge in [-0.05, 0) is 35.7 Å². The third-order valence-electron chi connectivity index (χ3n) is 6.25. The third-order valence-corrected chi connectivity index (χ3v) is 8.36. The Bertz CT molecular complexity index is 1350. The van der Waals surface area contributed by atoms with Crippen LogP contribution in [-0.4, -0.2) is 33.2 Å². The molecule has 1 saturated heterocycles. The number of aliphatic hydroxyl groups is 1. The maximum atomic E-state index is 12.4. The molecule has 0 radical (unpaired) electrons. The molecule has 4 aromatic rings. The van der Waals surface area contributed by atoms with Gasteiger partial charge in [-0.2, -0.15) is 0 Å². The lowest BCUT2D eigenvalue weighted by Gasteiger charge is -2.36. The van der Waals surface area contributed by atoms with Gasteiger partial charge in [0, 0.05) is 30.0 Å². The van der Waals surface area contributed by atoms with Crippen molar-refractivity contribution in [2.45, 2.75) is 49.3 Å². The van der Waals surface area contributed by atoms with Gasteiger partial charge >= 0.3 is 6.03 Å². The van der Waals surface area contributed by atoms with Crippen molar-refractivity contribution in [2.24, 2.45) is 0 Å². The number of anilines is 1. The summed E-state index contributed by atoms with van der Waals surface area (Å²) in [6.07, 6.45) is -0.105. The zero-order valence-corrected chi connectivity index (χ0v) is 23.1. The average Bonchev–Trinajstić information content (AvgIpc) is 3.40. The number of amides is 2. The molecule has 1 aliphatic rings. The SMILES string of the molecule is Cc1nnc(SC[C@H]2C[C@@H](c3ccc(CO)cc3)O[C@@H](c3ccc(NC(=O)NCc4ccccc4)cc3)O2)s1. The van der Waals surface area contributed by atoms with E-state index in [0.717, 1.165) is 37.4 Å². The monoisotopic (exact) mass is 562 g/mol. The standard InChI is InChI=1S/C29H30N4O4S2/c1-19-32-33-29(39-19)38-18-25-15-26(22-9-7-21(17-34)8-10-22)37-27(36-25)23-11-13-24(14-12-23)31-28(35)30-16-20-5-3-2-4-6-20/h2-14,25-27,34H,15-18H2,1H3,(H2,30,31,35)/t25-,26+,27+/m1/s1. The van der Waals surface area contributed by atoms with Crippen LogP contribution in [0.5, 0.6) is 0 Å². The molecule has 3 aromatic carbocycles. The minimum atomic E-state index is -0.566. The van der Waals surface area contributed by atoms with Crippen LogP contribution in [0.25, 0.3) is 0 Å². The van der Waals surface area contributed by atoms with Crippen molar-refractivity contribution in [3.8, 4) is 0 Å². The number of benzene rings is 3. The smallest absolute Gasteiger partial charge is 0.319 e. The number of carbonyl (C=O) groups is 1. The van der Waals surface area contributed by atoms with Gasteiger partial charge in [0.25, 0.3) is 0 Å². The molecular weight excluding hydrogens is 532 g/mol. The van der Waals surface area contributed by atoms with Gasteiger partial charge in [-0.1, -0.05) is 89.8 Å². The van der Waals surface area contributed by atoms with Gasteiger partial charge in [0.15, 0.2) is 10.6 Å². The van der Waals surface area contributed by atoms with Crippen LogP contribution in [0.4, 0.5) is 10.5 Å². The lowest BCUT2D eigenvalue weighted by Crippen LogP contribution is -2.31. The topological polar surface area (TPSA) is 106 Å². The Morgan fingerprint density at radius 2 is 1.72 bits per heavy atom. The fraction of sp³-hybridized carbons (Fsp3) is 0.276. The van der Waals surface area contributed by atoms with Crippen LogP contribution in [0, 0.1) is 6.92 Å². The van der Waals surface area contributed by atoms with E-state index in [1.165, 1.54) is 0 Å². The van der Waals surface area contributed by atoms with E-state index in [1.54, 1.807) is 23.1 Å². The largest absolute Gasteiger partial charge is 0.392 e. The molecule has 202 valence electrons. The number of rotatable bonds is 9. The highest BCUT2D eigenvalue weighted by atomic mass is 32.2. The molecule has 2 amide bonds. The second kappa shape index (κ2) is 13.2. The quantitative estimate of drug-likeness (QED) is 0.215. The van der Waals surface area contributed by atoms with Gasteiger partial charge < -0.3 is 25.2 Å². The Labute approximate surface area is 235 Å². The molecule has 39 heavy (non-hydrogen) atoms. The number of urea groups is 1. The Hall–Kier alpha value is -3.28.